The number of carbonyl (C=O) groups is 1. The minimum Gasteiger partial charge on any atom is -0.388 e. The summed E-state index contributed by atoms with van der Waals surface area (Å²) in [6.45, 7) is 3.62. The van der Waals surface area contributed by atoms with Crippen molar-refractivity contribution in [3.05, 3.63) is 107 Å². The Morgan fingerprint density at radius 2 is 1.84 bits per heavy atom. The van der Waals surface area contributed by atoms with Gasteiger partial charge in [-0.25, -0.2) is 9.37 Å². The molecule has 7 nitrogen and oxygen atoms in total. The molecule has 3 heterocycles. The summed E-state index contributed by atoms with van der Waals surface area (Å²) in [7, 11) is 2.16. The van der Waals surface area contributed by atoms with Crippen LogP contribution >= 0.6 is 0 Å². The van der Waals surface area contributed by atoms with Gasteiger partial charge in [0.2, 0.25) is 0 Å². The molecular formula is C30H32FN5O2. The van der Waals surface area contributed by atoms with Gasteiger partial charge in [0.1, 0.15) is 18.1 Å². The van der Waals surface area contributed by atoms with Crippen molar-refractivity contribution in [3.8, 4) is 11.5 Å². The molecule has 5 rings (SSSR count). The van der Waals surface area contributed by atoms with Crippen LogP contribution in [0.5, 0.6) is 0 Å². The Morgan fingerprint density at radius 3 is 2.61 bits per heavy atom. The predicted molar refractivity (Wildman–Crippen MR) is 144 cm³/mol. The van der Waals surface area contributed by atoms with E-state index in [0.717, 1.165) is 30.9 Å². The standard InChI is InChI=1S/C30H32FN5O2/c1-34-15-16-35(28(20-34)23-5-3-2-4-6-23)19-26-18-33-30(27-17-24(11-13-32-27)29(38)21-37)36(26)14-12-22-7-9-25(31)10-8-22/h2-11,13,17-18,28,37H,12,14-16,19-21H2,1H3. The minimum absolute atomic E-state index is 0.252. The van der Waals surface area contributed by atoms with Crippen molar-refractivity contribution in [1.29, 1.82) is 0 Å². The van der Waals surface area contributed by atoms with Crippen molar-refractivity contribution in [2.75, 3.05) is 33.3 Å². The number of nitrogens with zero attached hydrogens (tertiary/aromatic N) is 5. The van der Waals surface area contributed by atoms with E-state index in [9.17, 15) is 14.3 Å². The van der Waals surface area contributed by atoms with Gasteiger partial charge < -0.3 is 14.6 Å². The molecular weight excluding hydrogens is 481 g/mol. The number of benzene rings is 2. The Kier molecular flexibility index (Phi) is 8.03. The molecule has 1 aliphatic rings. The average molecular weight is 514 g/mol. The van der Waals surface area contributed by atoms with E-state index in [1.807, 2.05) is 12.3 Å². The molecule has 1 fully saturated rings. The molecule has 0 aliphatic carbocycles. The van der Waals surface area contributed by atoms with Gasteiger partial charge in [-0.3, -0.25) is 14.7 Å². The Hall–Kier alpha value is -3.72. The number of pyridine rings is 1. The lowest BCUT2D eigenvalue weighted by molar-refractivity contribution is 0.0813. The van der Waals surface area contributed by atoms with E-state index in [2.05, 4.69) is 50.7 Å². The summed E-state index contributed by atoms with van der Waals surface area (Å²) in [5.41, 5.74) is 4.33. The number of ketones is 1. The maximum atomic E-state index is 13.5. The zero-order valence-corrected chi connectivity index (χ0v) is 21.5. The molecule has 0 bridgehead atoms. The monoisotopic (exact) mass is 513 g/mol. The van der Waals surface area contributed by atoms with Crippen LogP contribution in [0, 0.1) is 5.82 Å². The van der Waals surface area contributed by atoms with Crippen LogP contribution in [-0.2, 0) is 19.5 Å². The smallest absolute Gasteiger partial charge is 0.188 e. The molecule has 0 saturated carbocycles. The van der Waals surface area contributed by atoms with Crippen molar-refractivity contribution in [2.45, 2.75) is 25.6 Å². The number of halogens is 1. The lowest BCUT2D eigenvalue weighted by Gasteiger charge is -2.40. The van der Waals surface area contributed by atoms with Crippen molar-refractivity contribution in [3.63, 3.8) is 0 Å². The topological polar surface area (TPSA) is 74.5 Å². The number of aromatic nitrogens is 3. The number of carbonyl (C=O) groups excluding carboxylic acids is 1. The van der Waals surface area contributed by atoms with E-state index in [0.29, 0.717) is 36.6 Å². The van der Waals surface area contributed by atoms with E-state index < -0.39 is 6.61 Å². The van der Waals surface area contributed by atoms with Gasteiger partial charge in [0, 0.05) is 50.5 Å². The second-order valence-electron chi connectivity index (χ2n) is 9.77. The molecule has 0 spiro atoms. The van der Waals surface area contributed by atoms with E-state index in [-0.39, 0.29) is 17.6 Å². The van der Waals surface area contributed by atoms with Gasteiger partial charge in [-0.2, -0.15) is 0 Å². The molecule has 2 aromatic heterocycles. The van der Waals surface area contributed by atoms with Crippen LogP contribution in [0.25, 0.3) is 11.5 Å². The highest BCUT2D eigenvalue weighted by atomic mass is 19.1. The van der Waals surface area contributed by atoms with Crippen molar-refractivity contribution >= 4 is 5.78 Å². The summed E-state index contributed by atoms with van der Waals surface area (Å²) in [5, 5.41) is 9.33. The average Bonchev–Trinajstić information content (AvgIpc) is 3.36. The Labute approximate surface area is 222 Å². The first kappa shape index (κ1) is 25.9. The van der Waals surface area contributed by atoms with Crippen LogP contribution < -0.4 is 0 Å². The fourth-order valence-corrected chi connectivity index (χ4v) is 5.05. The second kappa shape index (κ2) is 11.8. The number of imidazole rings is 1. The Bertz CT molecular complexity index is 1370. The van der Waals surface area contributed by atoms with Gasteiger partial charge in [0.25, 0.3) is 0 Å². The number of aryl methyl sites for hydroxylation is 1. The molecule has 196 valence electrons. The fraction of sp³-hybridized carbons (Fsp3) is 0.300. The Morgan fingerprint density at radius 1 is 1.05 bits per heavy atom. The third-order valence-electron chi connectivity index (χ3n) is 7.17. The molecule has 8 heteroatoms. The molecule has 4 aromatic rings. The summed E-state index contributed by atoms with van der Waals surface area (Å²) >= 11 is 0. The van der Waals surface area contributed by atoms with Gasteiger partial charge in [-0.05, 0) is 48.9 Å². The maximum Gasteiger partial charge on any atom is 0.188 e. The molecule has 1 unspecified atom stereocenters. The van der Waals surface area contributed by atoms with Gasteiger partial charge in [-0.1, -0.05) is 42.5 Å². The highest BCUT2D eigenvalue weighted by Crippen LogP contribution is 2.28. The number of aliphatic hydroxyl groups excluding tert-OH is 1. The summed E-state index contributed by atoms with van der Waals surface area (Å²) < 4.78 is 15.6. The number of hydrogen-bond donors (Lipinski definition) is 1. The maximum absolute atomic E-state index is 13.5. The molecule has 0 radical (unpaired) electrons. The first-order valence-electron chi connectivity index (χ1n) is 12.9. The number of Topliss-reactive ketones (excluding diaryl/α,β-unsaturated/α-hetero) is 1. The zero-order chi connectivity index (χ0) is 26.5. The van der Waals surface area contributed by atoms with E-state index >= 15 is 0 Å². The largest absolute Gasteiger partial charge is 0.388 e. The van der Waals surface area contributed by atoms with Gasteiger partial charge in [0.15, 0.2) is 11.6 Å². The van der Waals surface area contributed by atoms with Crippen LogP contribution in [0.1, 0.15) is 33.2 Å². The van der Waals surface area contributed by atoms with Crippen LogP contribution in [0.15, 0.2) is 79.1 Å². The van der Waals surface area contributed by atoms with E-state index in [1.165, 1.54) is 17.7 Å². The van der Waals surface area contributed by atoms with Gasteiger partial charge >= 0.3 is 0 Å². The molecule has 0 amide bonds. The number of rotatable bonds is 9. The summed E-state index contributed by atoms with van der Waals surface area (Å²) in [4.78, 5) is 26.2. The Balaban J connectivity index is 1.48. The zero-order valence-electron chi connectivity index (χ0n) is 21.5. The third kappa shape index (κ3) is 5.88. The number of aliphatic hydroxyl groups is 1. The van der Waals surface area contributed by atoms with Crippen LogP contribution in [0.3, 0.4) is 0 Å². The quantitative estimate of drug-likeness (QED) is 0.341. The highest BCUT2D eigenvalue weighted by Gasteiger charge is 2.28. The van der Waals surface area contributed by atoms with Crippen LogP contribution in [0.4, 0.5) is 4.39 Å². The van der Waals surface area contributed by atoms with Crippen LogP contribution in [0.2, 0.25) is 0 Å². The highest BCUT2D eigenvalue weighted by molar-refractivity contribution is 5.97. The second-order valence-corrected chi connectivity index (χ2v) is 9.77. The SMILES string of the molecule is CN1CCN(Cc2cnc(-c3cc(C(=O)CO)ccn3)n2CCc2ccc(F)cc2)C(c2ccccc2)C1. The molecule has 2 aromatic carbocycles. The molecule has 1 N–H and O–H groups in total. The number of likely N-dealkylation sites (N-methyl/N-ethyl adjacent to an activating group) is 1. The van der Waals surface area contributed by atoms with E-state index in [1.54, 1.807) is 30.5 Å². The van der Waals surface area contributed by atoms with Crippen molar-refractivity contribution in [2.24, 2.45) is 0 Å². The fourth-order valence-electron chi connectivity index (χ4n) is 5.05. The summed E-state index contributed by atoms with van der Waals surface area (Å²) in [5.74, 6) is 0.0517. The summed E-state index contributed by atoms with van der Waals surface area (Å²) in [6, 6.07) is 20.7. The molecule has 1 aliphatic heterocycles. The van der Waals surface area contributed by atoms with E-state index in [4.69, 9.17) is 4.98 Å². The molecule has 1 saturated heterocycles. The van der Waals surface area contributed by atoms with Crippen molar-refractivity contribution < 1.29 is 14.3 Å². The summed E-state index contributed by atoms with van der Waals surface area (Å²) in [6.07, 6.45) is 4.15. The predicted octanol–water partition coefficient (Wildman–Crippen LogP) is 3.99. The van der Waals surface area contributed by atoms with Crippen molar-refractivity contribution in [1.82, 2.24) is 24.3 Å². The molecule has 38 heavy (non-hydrogen) atoms. The molecule has 1 atom stereocenters. The minimum atomic E-state index is -0.558. The number of piperazine rings is 1. The third-order valence-corrected chi connectivity index (χ3v) is 7.17. The van der Waals surface area contributed by atoms with Crippen LogP contribution in [-0.4, -0.2) is 68.5 Å². The first-order chi connectivity index (χ1) is 18.5. The van der Waals surface area contributed by atoms with Gasteiger partial charge in [-0.15, -0.1) is 0 Å². The lowest BCUT2D eigenvalue weighted by Crippen LogP contribution is -2.46. The van der Waals surface area contributed by atoms with Gasteiger partial charge in [0.05, 0.1) is 11.9 Å². The first-order valence-corrected chi connectivity index (χ1v) is 12.9. The number of hydrogen-bond acceptors (Lipinski definition) is 6. The normalized spacial score (nSPS) is 16.6. The lowest BCUT2D eigenvalue weighted by atomic mass is 10.0.